The molecule has 0 aliphatic rings. The van der Waals surface area contributed by atoms with Crippen LogP contribution in [0.1, 0.15) is 37.6 Å². The van der Waals surface area contributed by atoms with E-state index in [1.54, 1.807) is 13.8 Å². The first-order chi connectivity index (χ1) is 12.4. The van der Waals surface area contributed by atoms with Crippen molar-refractivity contribution < 1.29 is 41.6 Å². The van der Waals surface area contributed by atoms with E-state index in [2.05, 4.69) is 4.74 Å². The number of esters is 3. The lowest BCUT2D eigenvalue weighted by Crippen LogP contribution is -2.28. The van der Waals surface area contributed by atoms with Crippen LogP contribution in [0, 0.1) is 5.41 Å². The van der Waals surface area contributed by atoms with Gasteiger partial charge in [-0.25, -0.2) is 4.79 Å². The summed E-state index contributed by atoms with van der Waals surface area (Å²) in [6.45, 7) is 4.76. The fraction of sp³-hybridized carbons (Fsp3) is 0.471. The molecule has 0 saturated heterocycles. The van der Waals surface area contributed by atoms with Crippen LogP contribution in [-0.2, 0) is 29.2 Å². The molecule has 10 heteroatoms. The van der Waals surface area contributed by atoms with E-state index in [-0.39, 0.29) is 30.5 Å². The molecule has 0 aliphatic carbocycles. The number of carbonyl (C=O) groups excluding carboxylic acids is 3. The summed E-state index contributed by atoms with van der Waals surface area (Å²) in [5, 5.41) is 0. The molecule has 0 heterocycles. The fourth-order valence-corrected chi connectivity index (χ4v) is 1.99. The van der Waals surface area contributed by atoms with E-state index in [1.807, 2.05) is 6.92 Å². The van der Waals surface area contributed by atoms with Crippen LogP contribution in [0.3, 0.4) is 0 Å². The summed E-state index contributed by atoms with van der Waals surface area (Å²) in [5.41, 5.74) is -0.432. The summed E-state index contributed by atoms with van der Waals surface area (Å²) < 4.78 is 44.0. The van der Waals surface area contributed by atoms with Crippen LogP contribution in [0.2, 0.25) is 0 Å². The monoisotopic (exact) mass is 402 g/mol. The van der Waals surface area contributed by atoms with Crippen molar-refractivity contribution in [3.63, 3.8) is 0 Å². The minimum absolute atomic E-state index is 0.189. The topological polar surface area (TPSA) is 133 Å². The maximum atomic E-state index is 12.0. The van der Waals surface area contributed by atoms with Crippen molar-refractivity contribution in [2.24, 2.45) is 5.41 Å². The average Bonchev–Trinajstić information content (AvgIpc) is 2.57. The lowest BCUT2D eigenvalue weighted by Gasteiger charge is -2.20. The highest BCUT2D eigenvalue weighted by atomic mass is 32.2. The second kappa shape index (κ2) is 9.47. The molecule has 0 atom stereocenters. The van der Waals surface area contributed by atoms with Gasteiger partial charge in [-0.1, -0.05) is 6.92 Å². The molecule has 27 heavy (non-hydrogen) atoms. The fourth-order valence-electron chi connectivity index (χ4n) is 1.61. The molecular weight excluding hydrogens is 380 g/mol. The standard InChI is InChI=1S/C17H22O9S/c1-4-17(2,3)16(20)26-13-7-5-12(6-8-13)15(19)25-10-9-24-14(18)11-27(21,22)23/h5-8H,4,9-11H2,1-3H3,(H,21,22,23). The Bertz CT molecular complexity index is 779. The minimum atomic E-state index is -4.46. The SMILES string of the molecule is CCC(C)(C)C(=O)Oc1ccc(C(=O)OCCOC(=O)CS(=O)(=O)O)cc1. The summed E-state index contributed by atoms with van der Waals surface area (Å²) in [6.07, 6.45) is 0.616. The molecule has 0 bridgehead atoms. The van der Waals surface area contributed by atoms with Gasteiger partial charge in [-0.3, -0.25) is 14.1 Å². The van der Waals surface area contributed by atoms with Gasteiger partial charge in [-0.15, -0.1) is 0 Å². The Morgan fingerprint density at radius 3 is 2.11 bits per heavy atom. The van der Waals surface area contributed by atoms with Crippen LogP contribution < -0.4 is 4.74 Å². The van der Waals surface area contributed by atoms with E-state index in [0.29, 0.717) is 6.42 Å². The van der Waals surface area contributed by atoms with E-state index in [9.17, 15) is 22.8 Å². The largest absolute Gasteiger partial charge is 0.461 e. The van der Waals surface area contributed by atoms with Gasteiger partial charge in [0.15, 0.2) is 5.75 Å². The van der Waals surface area contributed by atoms with Crippen molar-refractivity contribution in [3.8, 4) is 5.75 Å². The molecule has 1 aromatic rings. The smallest absolute Gasteiger partial charge is 0.338 e. The third-order valence-corrected chi connectivity index (χ3v) is 4.22. The van der Waals surface area contributed by atoms with E-state index >= 15 is 0 Å². The summed E-state index contributed by atoms with van der Waals surface area (Å²) >= 11 is 0. The van der Waals surface area contributed by atoms with Crippen molar-refractivity contribution in [1.29, 1.82) is 0 Å². The van der Waals surface area contributed by atoms with Crippen molar-refractivity contribution in [2.45, 2.75) is 27.2 Å². The van der Waals surface area contributed by atoms with E-state index in [4.69, 9.17) is 14.0 Å². The van der Waals surface area contributed by atoms with Crippen molar-refractivity contribution in [1.82, 2.24) is 0 Å². The highest BCUT2D eigenvalue weighted by Crippen LogP contribution is 2.23. The Morgan fingerprint density at radius 1 is 1.04 bits per heavy atom. The lowest BCUT2D eigenvalue weighted by atomic mass is 9.91. The van der Waals surface area contributed by atoms with Crippen molar-refractivity contribution in [2.75, 3.05) is 19.0 Å². The predicted molar refractivity (Wildman–Crippen MR) is 93.8 cm³/mol. The second-order valence-corrected chi connectivity index (χ2v) is 7.69. The number of hydrogen-bond donors (Lipinski definition) is 1. The highest BCUT2D eigenvalue weighted by molar-refractivity contribution is 7.86. The van der Waals surface area contributed by atoms with E-state index in [1.165, 1.54) is 24.3 Å². The quantitative estimate of drug-likeness (QED) is 0.283. The summed E-state index contributed by atoms with van der Waals surface area (Å²) in [5.74, 6) is -3.12. The Kier molecular flexibility index (Phi) is 7.92. The third kappa shape index (κ3) is 8.18. The number of ether oxygens (including phenoxy) is 3. The zero-order valence-electron chi connectivity index (χ0n) is 15.3. The normalized spacial score (nSPS) is 11.6. The predicted octanol–water partition coefficient (Wildman–Crippen LogP) is 1.62. The maximum absolute atomic E-state index is 12.0. The first kappa shape index (κ1) is 22.6. The van der Waals surface area contributed by atoms with Gasteiger partial charge >= 0.3 is 17.9 Å². The molecular formula is C17H22O9S. The van der Waals surface area contributed by atoms with Gasteiger partial charge in [0.25, 0.3) is 10.1 Å². The summed E-state index contributed by atoms with van der Waals surface area (Å²) in [4.78, 5) is 34.9. The van der Waals surface area contributed by atoms with Gasteiger partial charge in [0.05, 0.1) is 11.0 Å². The zero-order valence-corrected chi connectivity index (χ0v) is 16.1. The van der Waals surface area contributed by atoms with E-state index in [0.717, 1.165) is 0 Å². The maximum Gasteiger partial charge on any atom is 0.338 e. The van der Waals surface area contributed by atoms with Crippen LogP contribution in [0.15, 0.2) is 24.3 Å². The van der Waals surface area contributed by atoms with Crippen LogP contribution in [0.5, 0.6) is 5.75 Å². The molecule has 9 nitrogen and oxygen atoms in total. The molecule has 0 amide bonds. The zero-order chi connectivity index (χ0) is 20.7. The van der Waals surface area contributed by atoms with Gasteiger partial charge in [-0.2, -0.15) is 8.42 Å². The molecule has 0 aliphatic heterocycles. The number of carbonyl (C=O) groups is 3. The van der Waals surface area contributed by atoms with E-state index < -0.39 is 33.2 Å². The molecule has 150 valence electrons. The first-order valence-electron chi connectivity index (χ1n) is 8.05. The Morgan fingerprint density at radius 2 is 1.59 bits per heavy atom. The molecule has 0 saturated carbocycles. The lowest BCUT2D eigenvalue weighted by molar-refractivity contribution is -0.144. The molecule has 0 fully saturated rings. The number of rotatable bonds is 9. The van der Waals surface area contributed by atoms with Gasteiger partial charge in [0.2, 0.25) is 0 Å². The molecule has 0 aromatic heterocycles. The molecule has 1 aromatic carbocycles. The summed E-state index contributed by atoms with van der Waals surface area (Å²) in [7, 11) is -4.46. The number of benzene rings is 1. The summed E-state index contributed by atoms with van der Waals surface area (Å²) in [6, 6.07) is 5.72. The second-order valence-electron chi connectivity index (χ2n) is 6.23. The highest BCUT2D eigenvalue weighted by Gasteiger charge is 2.27. The number of hydrogen-bond acceptors (Lipinski definition) is 8. The first-order valence-corrected chi connectivity index (χ1v) is 9.66. The molecule has 1 rings (SSSR count). The third-order valence-electron chi connectivity index (χ3n) is 3.62. The van der Waals surface area contributed by atoms with Gasteiger partial charge in [-0.05, 0) is 44.5 Å². The van der Waals surface area contributed by atoms with Gasteiger partial charge in [0, 0.05) is 0 Å². The van der Waals surface area contributed by atoms with Crippen molar-refractivity contribution >= 4 is 28.0 Å². The van der Waals surface area contributed by atoms with Crippen LogP contribution >= 0.6 is 0 Å². The molecule has 0 unspecified atom stereocenters. The van der Waals surface area contributed by atoms with Gasteiger partial charge < -0.3 is 14.2 Å². The van der Waals surface area contributed by atoms with Crippen LogP contribution in [-0.4, -0.2) is 49.8 Å². The Labute approximate surface area is 157 Å². The Balaban J connectivity index is 2.46. The molecule has 0 spiro atoms. The van der Waals surface area contributed by atoms with Gasteiger partial charge in [0.1, 0.15) is 19.0 Å². The van der Waals surface area contributed by atoms with Crippen LogP contribution in [0.4, 0.5) is 0 Å². The van der Waals surface area contributed by atoms with Crippen LogP contribution in [0.25, 0.3) is 0 Å². The Hall–Kier alpha value is -2.46. The minimum Gasteiger partial charge on any atom is -0.461 e. The molecule has 0 radical (unpaired) electrons. The van der Waals surface area contributed by atoms with Crippen molar-refractivity contribution in [3.05, 3.63) is 29.8 Å². The molecule has 1 N–H and O–H groups in total. The average molecular weight is 402 g/mol.